The van der Waals surface area contributed by atoms with Crippen LogP contribution < -0.4 is 10.2 Å². The summed E-state index contributed by atoms with van der Waals surface area (Å²) in [5.41, 5.74) is 3.35. The molecule has 1 aliphatic rings. The van der Waals surface area contributed by atoms with Gasteiger partial charge in [-0.2, -0.15) is 0 Å². The lowest BCUT2D eigenvalue weighted by atomic mass is 9.96. The Morgan fingerprint density at radius 3 is 2.55 bits per heavy atom. The van der Waals surface area contributed by atoms with E-state index in [-0.39, 0.29) is 17.6 Å². The molecule has 1 aliphatic heterocycles. The number of pyridine rings is 1. The number of nitrogens with one attached hydrogen (secondary N) is 1. The number of nitrogens with zero attached hydrogens (tertiary/aromatic N) is 4. The van der Waals surface area contributed by atoms with Crippen molar-refractivity contribution in [3.05, 3.63) is 90.0 Å². The molecular formula is C26H26FN5O. The molecule has 6 nitrogen and oxygen atoms in total. The number of piperidine rings is 1. The largest absolute Gasteiger partial charge is 0.350 e. The summed E-state index contributed by atoms with van der Waals surface area (Å²) in [4.78, 5) is 24.0. The van der Waals surface area contributed by atoms with Gasteiger partial charge in [0.05, 0.1) is 29.8 Å². The third kappa shape index (κ3) is 4.58. The van der Waals surface area contributed by atoms with E-state index < -0.39 is 0 Å². The van der Waals surface area contributed by atoms with Gasteiger partial charge in [0.2, 0.25) is 11.9 Å². The normalized spacial score (nSPS) is 14.5. The van der Waals surface area contributed by atoms with Crippen molar-refractivity contribution in [3.8, 4) is 0 Å². The van der Waals surface area contributed by atoms with Crippen molar-refractivity contribution in [2.75, 3.05) is 18.0 Å². The number of benzene rings is 2. The second-order valence-corrected chi connectivity index (χ2v) is 8.38. The van der Waals surface area contributed by atoms with E-state index in [1.807, 2.05) is 54.6 Å². The molecule has 1 saturated heterocycles. The molecule has 0 bridgehead atoms. The van der Waals surface area contributed by atoms with Gasteiger partial charge >= 0.3 is 0 Å². The molecule has 0 radical (unpaired) electrons. The highest BCUT2D eigenvalue weighted by atomic mass is 19.1. The molecule has 1 N–H and O–H groups in total. The van der Waals surface area contributed by atoms with Crippen molar-refractivity contribution in [1.82, 2.24) is 19.9 Å². The van der Waals surface area contributed by atoms with Crippen LogP contribution in [0.1, 0.15) is 24.1 Å². The predicted octanol–water partition coefficient (Wildman–Crippen LogP) is 4.15. The minimum atomic E-state index is -0.218. The van der Waals surface area contributed by atoms with Gasteiger partial charge in [0, 0.05) is 30.8 Å². The van der Waals surface area contributed by atoms with E-state index in [1.165, 1.54) is 6.07 Å². The molecule has 1 amide bonds. The quantitative estimate of drug-likeness (QED) is 0.486. The number of carbonyl (C=O) groups excluding carboxylic acids is 1. The fourth-order valence-corrected chi connectivity index (χ4v) is 4.42. The number of fused-ring (bicyclic) bond motifs is 1. The molecule has 5 rings (SSSR count). The summed E-state index contributed by atoms with van der Waals surface area (Å²) in [6, 6.07) is 20.5. The number of hydrogen-bond donors (Lipinski definition) is 1. The summed E-state index contributed by atoms with van der Waals surface area (Å²) in [6.45, 7) is 2.30. The van der Waals surface area contributed by atoms with E-state index >= 15 is 0 Å². The number of imidazole rings is 1. The van der Waals surface area contributed by atoms with Crippen LogP contribution in [0.25, 0.3) is 11.0 Å². The first-order chi connectivity index (χ1) is 16.2. The standard InChI is InChI=1S/C26H26FN5O/c27-22-9-2-1-7-20(22)18-32-24-11-4-3-10-23(24)30-26(32)31-15-12-19(13-16-31)25(33)29-17-21-8-5-6-14-28-21/h1-11,14,19H,12-13,15-18H2,(H,29,33). The molecule has 0 aliphatic carbocycles. The zero-order chi connectivity index (χ0) is 22.6. The van der Waals surface area contributed by atoms with Crippen molar-refractivity contribution in [3.63, 3.8) is 0 Å². The molecule has 0 saturated carbocycles. The number of hydrogen-bond acceptors (Lipinski definition) is 4. The van der Waals surface area contributed by atoms with Crippen LogP contribution >= 0.6 is 0 Å². The molecule has 33 heavy (non-hydrogen) atoms. The first kappa shape index (κ1) is 21.1. The van der Waals surface area contributed by atoms with Gasteiger partial charge in [0.25, 0.3) is 0 Å². The number of halogens is 1. The van der Waals surface area contributed by atoms with Crippen molar-refractivity contribution >= 4 is 22.9 Å². The Balaban J connectivity index is 1.30. The smallest absolute Gasteiger partial charge is 0.223 e. The van der Waals surface area contributed by atoms with E-state index in [0.29, 0.717) is 18.7 Å². The summed E-state index contributed by atoms with van der Waals surface area (Å²) >= 11 is 0. The fourth-order valence-electron chi connectivity index (χ4n) is 4.42. The topological polar surface area (TPSA) is 63.1 Å². The van der Waals surface area contributed by atoms with E-state index in [1.54, 1.807) is 12.3 Å². The average Bonchev–Trinajstić information content (AvgIpc) is 3.23. The maximum atomic E-state index is 14.4. The minimum absolute atomic E-state index is 0.0330. The Morgan fingerprint density at radius 1 is 1.00 bits per heavy atom. The molecule has 0 unspecified atom stereocenters. The van der Waals surface area contributed by atoms with Crippen LogP contribution in [0.2, 0.25) is 0 Å². The lowest BCUT2D eigenvalue weighted by molar-refractivity contribution is -0.125. The maximum Gasteiger partial charge on any atom is 0.223 e. The van der Waals surface area contributed by atoms with E-state index in [0.717, 1.165) is 48.6 Å². The van der Waals surface area contributed by atoms with Gasteiger partial charge in [-0.25, -0.2) is 9.37 Å². The fraction of sp³-hybridized carbons (Fsp3) is 0.269. The first-order valence-electron chi connectivity index (χ1n) is 11.3. The summed E-state index contributed by atoms with van der Waals surface area (Å²) in [6.07, 6.45) is 3.22. The summed E-state index contributed by atoms with van der Waals surface area (Å²) < 4.78 is 16.5. The van der Waals surface area contributed by atoms with Crippen molar-refractivity contribution in [2.24, 2.45) is 5.92 Å². The molecule has 0 spiro atoms. The van der Waals surface area contributed by atoms with Crippen LogP contribution in [0, 0.1) is 11.7 Å². The molecule has 1 fully saturated rings. The molecule has 2 aromatic heterocycles. The molecule has 7 heteroatoms. The van der Waals surface area contributed by atoms with Gasteiger partial charge in [0.1, 0.15) is 5.82 Å². The number of rotatable bonds is 6. The van der Waals surface area contributed by atoms with E-state index in [4.69, 9.17) is 4.98 Å². The first-order valence-corrected chi connectivity index (χ1v) is 11.3. The highest BCUT2D eigenvalue weighted by Gasteiger charge is 2.27. The number of para-hydroxylation sites is 2. The Bertz CT molecular complexity index is 1250. The Kier molecular flexibility index (Phi) is 6.02. The van der Waals surface area contributed by atoms with E-state index in [9.17, 15) is 9.18 Å². The van der Waals surface area contributed by atoms with Crippen LogP contribution in [0.3, 0.4) is 0 Å². The molecule has 2 aromatic carbocycles. The van der Waals surface area contributed by atoms with Gasteiger partial charge in [-0.1, -0.05) is 36.4 Å². The van der Waals surface area contributed by atoms with Crippen LogP contribution in [-0.4, -0.2) is 33.5 Å². The summed E-state index contributed by atoms with van der Waals surface area (Å²) in [5, 5.41) is 3.01. The van der Waals surface area contributed by atoms with Crippen molar-refractivity contribution in [1.29, 1.82) is 0 Å². The highest BCUT2D eigenvalue weighted by Crippen LogP contribution is 2.28. The minimum Gasteiger partial charge on any atom is -0.350 e. The number of anilines is 1. The third-order valence-corrected chi connectivity index (χ3v) is 6.24. The summed E-state index contributed by atoms with van der Waals surface area (Å²) in [7, 11) is 0. The molecule has 3 heterocycles. The molecular weight excluding hydrogens is 417 g/mol. The number of aromatic nitrogens is 3. The number of carbonyl (C=O) groups is 1. The van der Waals surface area contributed by atoms with Gasteiger partial charge in [-0.15, -0.1) is 0 Å². The molecule has 0 atom stereocenters. The molecule has 168 valence electrons. The number of amides is 1. The Labute approximate surface area is 192 Å². The lowest BCUT2D eigenvalue weighted by Crippen LogP contribution is -2.41. The predicted molar refractivity (Wildman–Crippen MR) is 126 cm³/mol. The van der Waals surface area contributed by atoms with E-state index in [2.05, 4.69) is 19.8 Å². The Morgan fingerprint density at radius 2 is 1.76 bits per heavy atom. The van der Waals surface area contributed by atoms with Crippen molar-refractivity contribution in [2.45, 2.75) is 25.9 Å². The highest BCUT2D eigenvalue weighted by molar-refractivity contribution is 5.80. The van der Waals surface area contributed by atoms with Gasteiger partial charge in [-0.3, -0.25) is 9.78 Å². The molecule has 4 aromatic rings. The van der Waals surface area contributed by atoms with Gasteiger partial charge < -0.3 is 14.8 Å². The second-order valence-electron chi connectivity index (χ2n) is 8.38. The maximum absolute atomic E-state index is 14.4. The monoisotopic (exact) mass is 443 g/mol. The second kappa shape index (κ2) is 9.40. The van der Waals surface area contributed by atoms with Gasteiger partial charge in [0.15, 0.2) is 0 Å². The third-order valence-electron chi connectivity index (χ3n) is 6.24. The SMILES string of the molecule is O=C(NCc1ccccn1)C1CCN(c2nc3ccccc3n2Cc2ccccc2F)CC1. The zero-order valence-electron chi connectivity index (χ0n) is 18.3. The average molecular weight is 444 g/mol. The van der Waals surface area contributed by atoms with Crippen LogP contribution in [0.15, 0.2) is 72.9 Å². The van der Waals surface area contributed by atoms with Crippen molar-refractivity contribution < 1.29 is 9.18 Å². The lowest BCUT2D eigenvalue weighted by Gasteiger charge is -2.32. The van der Waals surface area contributed by atoms with Crippen LogP contribution in [-0.2, 0) is 17.9 Å². The Hall–Kier alpha value is -3.74. The van der Waals surface area contributed by atoms with Gasteiger partial charge in [-0.05, 0) is 43.2 Å². The van der Waals surface area contributed by atoms with Crippen LogP contribution in [0.4, 0.5) is 10.3 Å². The summed E-state index contributed by atoms with van der Waals surface area (Å²) in [5.74, 6) is 0.644. The zero-order valence-corrected chi connectivity index (χ0v) is 18.3. The van der Waals surface area contributed by atoms with Crippen LogP contribution in [0.5, 0.6) is 0 Å².